The highest BCUT2D eigenvalue weighted by atomic mass is 16.6. The molecule has 7 nitrogen and oxygen atoms in total. The SMILES string of the molecule is COc1ccc(/C=C2/C(=O)N(c3ccc(C)c(C)c3)N=C2C)cc1[N+](=O)[O-]. The number of aryl methyl sites for hydroxylation is 2. The van der Waals surface area contributed by atoms with E-state index in [4.69, 9.17) is 4.74 Å². The van der Waals surface area contributed by atoms with E-state index in [1.165, 1.54) is 24.3 Å². The zero-order valence-corrected chi connectivity index (χ0v) is 15.5. The van der Waals surface area contributed by atoms with Crippen LogP contribution in [0, 0.1) is 24.0 Å². The highest BCUT2D eigenvalue weighted by molar-refractivity contribution is 6.32. The zero-order valence-electron chi connectivity index (χ0n) is 15.5. The number of hydrazone groups is 1. The van der Waals surface area contributed by atoms with Crippen LogP contribution in [0.1, 0.15) is 23.6 Å². The van der Waals surface area contributed by atoms with Crippen LogP contribution in [0.5, 0.6) is 5.75 Å². The molecule has 0 aromatic heterocycles. The molecule has 0 bridgehead atoms. The predicted octanol–water partition coefficient (Wildman–Crippen LogP) is 4.03. The summed E-state index contributed by atoms with van der Waals surface area (Å²) in [6.45, 7) is 5.72. The molecule has 7 heteroatoms. The van der Waals surface area contributed by atoms with Crippen molar-refractivity contribution in [3.8, 4) is 5.75 Å². The van der Waals surface area contributed by atoms with Crippen LogP contribution in [-0.2, 0) is 4.79 Å². The van der Waals surface area contributed by atoms with Crippen LogP contribution in [0.3, 0.4) is 0 Å². The van der Waals surface area contributed by atoms with Gasteiger partial charge in [0.15, 0.2) is 5.75 Å². The molecule has 0 unspecified atom stereocenters. The molecule has 2 aromatic carbocycles. The number of benzene rings is 2. The predicted molar refractivity (Wildman–Crippen MR) is 104 cm³/mol. The fourth-order valence-electron chi connectivity index (χ4n) is 2.82. The van der Waals surface area contributed by atoms with Gasteiger partial charge in [-0.15, -0.1) is 0 Å². The second-order valence-corrected chi connectivity index (χ2v) is 6.32. The highest BCUT2D eigenvalue weighted by Crippen LogP contribution is 2.30. The first kappa shape index (κ1) is 18.3. The molecule has 0 aliphatic carbocycles. The van der Waals surface area contributed by atoms with Gasteiger partial charge in [0.2, 0.25) is 0 Å². The van der Waals surface area contributed by atoms with Crippen LogP contribution in [-0.4, -0.2) is 23.7 Å². The van der Waals surface area contributed by atoms with Gasteiger partial charge in [0, 0.05) is 6.07 Å². The number of rotatable bonds is 4. The lowest BCUT2D eigenvalue weighted by atomic mass is 10.1. The van der Waals surface area contributed by atoms with Crippen molar-refractivity contribution in [3.63, 3.8) is 0 Å². The molecular weight excluding hydrogens is 346 g/mol. The van der Waals surface area contributed by atoms with E-state index in [-0.39, 0.29) is 17.3 Å². The first-order chi connectivity index (χ1) is 12.8. The number of anilines is 1. The van der Waals surface area contributed by atoms with E-state index < -0.39 is 4.92 Å². The molecule has 1 amide bonds. The topological polar surface area (TPSA) is 85.0 Å². The third-order valence-corrected chi connectivity index (χ3v) is 4.51. The Morgan fingerprint density at radius 2 is 1.85 bits per heavy atom. The lowest BCUT2D eigenvalue weighted by Crippen LogP contribution is -2.21. The summed E-state index contributed by atoms with van der Waals surface area (Å²) in [5.74, 6) is -0.101. The standard InChI is InChI=1S/C20H19N3O4/c1-12-5-7-16(9-13(12)2)22-20(24)17(14(3)21-22)10-15-6-8-19(27-4)18(11-15)23(25)26/h5-11H,1-4H3/b17-10+. The van der Waals surface area contributed by atoms with E-state index in [2.05, 4.69) is 5.10 Å². The number of nitro groups is 1. The van der Waals surface area contributed by atoms with Gasteiger partial charge in [-0.3, -0.25) is 14.9 Å². The van der Waals surface area contributed by atoms with Crippen LogP contribution in [0.15, 0.2) is 47.1 Å². The normalized spacial score (nSPS) is 15.3. The fraction of sp³-hybridized carbons (Fsp3) is 0.200. The smallest absolute Gasteiger partial charge is 0.311 e. The lowest BCUT2D eigenvalue weighted by Gasteiger charge is -2.13. The van der Waals surface area contributed by atoms with Crippen LogP contribution in [0.2, 0.25) is 0 Å². The third kappa shape index (κ3) is 3.44. The molecule has 1 aliphatic heterocycles. The van der Waals surface area contributed by atoms with E-state index in [9.17, 15) is 14.9 Å². The Hall–Kier alpha value is -3.48. The second kappa shape index (κ2) is 7.03. The fourth-order valence-corrected chi connectivity index (χ4v) is 2.82. The highest BCUT2D eigenvalue weighted by Gasteiger charge is 2.29. The molecule has 1 aliphatic rings. The average molecular weight is 365 g/mol. The van der Waals surface area contributed by atoms with E-state index in [0.29, 0.717) is 22.5 Å². The summed E-state index contributed by atoms with van der Waals surface area (Å²) in [6.07, 6.45) is 1.61. The molecule has 27 heavy (non-hydrogen) atoms. The minimum absolute atomic E-state index is 0.155. The summed E-state index contributed by atoms with van der Waals surface area (Å²) >= 11 is 0. The van der Waals surface area contributed by atoms with Gasteiger partial charge in [-0.05, 0) is 61.7 Å². The second-order valence-electron chi connectivity index (χ2n) is 6.32. The quantitative estimate of drug-likeness (QED) is 0.465. The lowest BCUT2D eigenvalue weighted by molar-refractivity contribution is -0.385. The van der Waals surface area contributed by atoms with Crippen molar-refractivity contribution in [1.82, 2.24) is 0 Å². The van der Waals surface area contributed by atoms with Gasteiger partial charge >= 0.3 is 5.69 Å². The summed E-state index contributed by atoms with van der Waals surface area (Å²) in [5, 5.41) is 16.9. The Bertz CT molecular complexity index is 1010. The van der Waals surface area contributed by atoms with Gasteiger partial charge in [0.25, 0.3) is 5.91 Å². The molecule has 0 radical (unpaired) electrons. The number of hydrogen-bond acceptors (Lipinski definition) is 5. The van der Waals surface area contributed by atoms with E-state index in [1.807, 2.05) is 32.0 Å². The summed E-state index contributed by atoms with van der Waals surface area (Å²) in [4.78, 5) is 23.5. The number of carbonyl (C=O) groups is 1. The van der Waals surface area contributed by atoms with Crippen LogP contribution < -0.4 is 9.75 Å². The number of ether oxygens (including phenoxy) is 1. The Morgan fingerprint density at radius 3 is 2.48 bits per heavy atom. The number of carbonyl (C=O) groups excluding carboxylic acids is 1. The first-order valence-electron chi connectivity index (χ1n) is 8.33. The summed E-state index contributed by atoms with van der Waals surface area (Å²) in [5.41, 5.74) is 4.21. The van der Waals surface area contributed by atoms with Crippen molar-refractivity contribution in [3.05, 3.63) is 68.8 Å². The van der Waals surface area contributed by atoms with Gasteiger partial charge in [-0.25, -0.2) is 0 Å². The Kier molecular flexibility index (Phi) is 4.77. The molecule has 0 saturated heterocycles. The van der Waals surface area contributed by atoms with Crippen molar-refractivity contribution in [1.29, 1.82) is 0 Å². The third-order valence-electron chi connectivity index (χ3n) is 4.51. The number of nitrogens with zero attached hydrogens (tertiary/aromatic N) is 3. The first-order valence-corrected chi connectivity index (χ1v) is 8.33. The molecule has 0 N–H and O–H groups in total. The molecule has 3 rings (SSSR count). The molecule has 0 spiro atoms. The Balaban J connectivity index is 1.97. The molecule has 138 valence electrons. The number of nitro benzene ring substituents is 1. The monoisotopic (exact) mass is 365 g/mol. The zero-order chi connectivity index (χ0) is 19.7. The Labute approximate surface area is 156 Å². The van der Waals surface area contributed by atoms with Crippen molar-refractivity contribution in [2.75, 3.05) is 12.1 Å². The van der Waals surface area contributed by atoms with Gasteiger partial charge in [0.1, 0.15) is 0 Å². The van der Waals surface area contributed by atoms with E-state index in [1.54, 1.807) is 19.1 Å². The molecule has 0 saturated carbocycles. The number of methoxy groups -OCH3 is 1. The average Bonchev–Trinajstić information content (AvgIpc) is 2.92. The maximum Gasteiger partial charge on any atom is 0.311 e. The number of amides is 1. The van der Waals surface area contributed by atoms with E-state index >= 15 is 0 Å². The van der Waals surface area contributed by atoms with Crippen molar-refractivity contribution in [2.45, 2.75) is 20.8 Å². The van der Waals surface area contributed by atoms with Gasteiger partial charge in [-0.1, -0.05) is 12.1 Å². The molecule has 2 aromatic rings. The molecule has 0 fully saturated rings. The minimum Gasteiger partial charge on any atom is -0.490 e. The van der Waals surface area contributed by atoms with Crippen LogP contribution in [0.4, 0.5) is 11.4 Å². The van der Waals surface area contributed by atoms with Crippen molar-refractivity contribution < 1.29 is 14.5 Å². The van der Waals surface area contributed by atoms with Crippen LogP contribution in [0.25, 0.3) is 6.08 Å². The van der Waals surface area contributed by atoms with E-state index in [0.717, 1.165) is 11.1 Å². The summed E-state index contributed by atoms with van der Waals surface area (Å²) in [6, 6.07) is 10.3. The van der Waals surface area contributed by atoms with Crippen molar-refractivity contribution >= 4 is 29.1 Å². The van der Waals surface area contributed by atoms with Gasteiger partial charge in [-0.2, -0.15) is 10.1 Å². The molecular formula is C20H19N3O4. The molecule has 1 heterocycles. The number of hydrogen-bond donors (Lipinski definition) is 0. The maximum absolute atomic E-state index is 12.8. The van der Waals surface area contributed by atoms with Crippen molar-refractivity contribution in [2.24, 2.45) is 5.10 Å². The van der Waals surface area contributed by atoms with Gasteiger partial charge in [0.05, 0.1) is 29.0 Å². The molecule has 0 atom stereocenters. The Morgan fingerprint density at radius 1 is 1.11 bits per heavy atom. The van der Waals surface area contributed by atoms with Crippen LogP contribution >= 0.6 is 0 Å². The largest absolute Gasteiger partial charge is 0.490 e. The maximum atomic E-state index is 12.8. The van der Waals surface area contributed by atoms with Gasteiger partial charge < -0.3 is 4.74 Å². The minimum atomic E-state index is -0.514. The summed E-state index contributed by atoms with van der Waals surface area (Å²) < 4.78 is 5.01. The summed E-state index contributed by atoms with van der Waals surface area (Å²) in [7, 11) is 1.37.